The van der Waals surface area contributed by atoms with Crippen LogP contribution in [0, 0.1) is 0 Å². The molecule has 4 rings (SSSR count). The molecule has 2 heterocycles. The van der Waals surface area contributed by atoms with Crippen molar-refractivity contribution in [2.24, 2.45) is 0 Å². The molecular formula is C21H18N4O. The second-order valence-corrected chi connectivity index (χ2v) is 5.87. The molecule has 0 aliphatic heterocycles. The summed E-state index contributed by atoms with van der Waals surface area (Å²) in [4.78, 5) is 13.0. The fraction of sp³-hybridized carbons (Fsp3) is 0.0952. The number of ether oxygens (including phenoxy) is 1. The Balaban J connectivity index is 1.72. The van der Waals surface area contributed by atoms with Crippen LogP contribution in [0.4, 0.5) is 5.82 Å². The standard InChI is InChI=1S/C21H18N4O/c1-26-20-7-3-2-6-17(20)16-8-9-19-18(11-16)21(25-14-24-19)23-13-15-5-4-10-22-12-15/h2-12,14H,13H2,1H3,(H,23,24,25). The summed E-state index contributed by atoms with van der Waals surface area (Å²) in [6.07, 6.45) is 5.19. The van der Waals surface area contributed by atoms with Gasteiger partial charge in [0.25, 0.3) is 0 Å². The zero-order chi connectivity index (χ0) is 17.8. The van der Waals surface area contributed by atoms with Crippen molar-refractivity contribution in [2.45, 2.75) is 6.54 Å². The van der Waals surface area contributed by atoms with Crippen LogP contribution in [0.3, 0.4) is 0 Å². The first-order valence-electron chi connectivity index (χ1n) is 8.36. The predicted molar refractivity (Wildman–Crippen MR) is 103 cm³/mol. The number of pyridine rings is 1. The minimum atomic E-state index is 0.652. The van der Waals surface area contributed by atoms with E-state index in [4.69, 9.17) is 4.74 Å². The summed E-state index contributed by atoms with van der Waals surface area (Å²) in [6, 6.07) is 18.1. The van der Waals surface area contributed by atoms with E-state index in [-0.39, 0.29) is 0 Å². The van der Waals surface area contributed by atoms with Crippen LogP contribution in [0.5, 0.6) is 5.75 Å². The Kier molecular flexibility index (Phi) is 4.43. The maximum atomic E-state index is 5.49. The van der Waals surface area contributed by atoms with Gasteiger partial charge in [-0.2, -0.15) is 0 Å². The first-order chi connectivity index (χ1) is 12.8. The Morgan fingerprint density at radius 2 is 1.92 bits per heavy atom. The minimum absolute atomic E-state index is 0.652. The number of fused-ring (bicyclic) bond motifs is 1. The molecule has 0 aliphatic carbocycles. The van der Waals surface area contributed by atoms with Gasteiger partial charge in [0.2, 0.25) is 0 Å². The molecular weight excluding hydrogens is 324 g/mol. The molecule has 0 aliphatic rings. The molecule has 0 radical (unpaired) electrons. The van der Waals surface area contributed by atoms with Crippen molar-refractivity contribution in [3.8, 4) is 16.9 Å². The average molecular weight is 342 g/mol. The number of aromatic nitrogens is 3. The van der Waals surface area contributed by atoms with Crippen molar-refractivity contribution in [1.29, 1.82) is 0 Å². The van der Waals surface area contributed by atoms with E-state index in [0.717, 1.165) is 39.2 Å². The third-order valence-corrected chi connectivity index (χ3v) is 4.24. The maximum Gasteiger partial charge on any atom is 0.137 e. The molecule has 0 unspecified atom stereocenters. The fourth-order valence-corrected chi connectivity index (χ4v) is 2.94. The highest BCUT2D eigenvalue weighted by molar-refractivity contribution is 5.93. The van der Waals surface area contributed by atoms with E-state index in [1.54, 1.807) is 19.6 Å². The molecule has 26 heavy (non-hydrogen) atoms. The van der Waals surface area contributed by atoms with Gasteiger partial charge in [0.05, 0.1) is 12.6 Å². The summed E-state index contributed by atoms with van der Waals surface area (Å²) in [7, 11) is 1.68. The molecule has 0 fully saturated rings. The number of rotatable bonds is 5. The molecule has 0 saturated carbocycles. The van der Waals surface area contributed by atoms with Crippen molar-refractivity contribution in [3.05, 3.63) is 78.9 Å². The SMILES string of the molecule is COc1ccccc1-c1ccc2ncnc(NCc3cccnc3)c2c1. The molecule has 2 aromatic carbocycles. The highest BCUT2D eigenvalue weighted by Gasteiger charge is 2.09. The van der Waals surface area contributed by atoms with Crippen LogP contribution in [0.1, 0.15) is 5.56 Å². The molecule has 0 amide bonds. The van der Waals surface area contributed by atoms with Gasteiger partial charge in [-0.25, -0.2) is 9.97 Å². The van der Waals surface area contributed by atoms with Crippen LogP contribution < -0.4 is 10.1 Å². The zero-order valence-electron chi connectivity index (χ0n) is 14.4. The van der Waals surface area contributed by atoms with Crippen LogP contribution in [0.2, 0.25) is 0 Å². The van der Waals surface area contributed by atoms with Crippen molar-refractivity contribution >= 4 is 16.7 Å². The van der Waals surface area contributed by atoms with Crippen molar-refractivity contribution in [2.75, 3.05) is 12.4 Å². The molecule has 0 atom stereocenters. The highest BCUT2D eigenvalue weighted by Crippen LogP contribution is 2.32. The average Bonchev–Trinajstić information content (AvgIpc) is 2.72. The van der Waals surface area contributed by atoms with Gasteiger partial charge < -0.3 is 10.1 Å². The number of nitrogens with one attached hydrogen (secondary N) is 1. The minimum Gasteiger partial charge on any atom is -0.496 e. The molecule has 0 bridgehead atoms. The van der Waals surface area contributed by atoms with Crippen molar-refractivity contribution in [1.82, 2.24) is 15.0 Å². The van der Waals surface area contributed by atoms with Crippen LogP contribution in [0.15, 0.2) is 73.3 Å². The van der Waals surface area contributed by atoms with E-state index in [1.807, 2.05) is 48.7 Å². The summed E-state index contributed by atoms with van der Waals surface area (Å²) in [5.74, 6) is 1.64. The molecule has 4 aromatic rings. The summed E-state index contributed by atoms with van der Waals surface area (Å²) >= 11 is 0. The Morgan fingerprint density at radius 3 is 2.77 bits per heavy atom. The van der Waals surface area contributed by atoms with Crippen molar-refractivity contribution in [3.63, 3.8) is 0 Å². The third kappa shape index (κ3) is 3.19. The van der Waals surface area contributed by atoms with E-state index in [9.17, 15) is 0 Å². The van der Waals surface area contributed by atoms with E-state index in [2.05, 4.69) is 32.4 Å². The van der Waals surface area contributed by atoms with E-state index in [1.165, 1.54) is 0 Å². The lowest BCUT2D eigenvalue weighted by molar-refractivity contribution is 0.416. The van der Waals surface area contributed by atoms with Gasteiger partial charge in [-0.3, -0.25) is 4.98 Å². The lowest BCUT2D eigenvalue weighted by Gasteiger charge is -2.11. The molecule has 5 heteroatoms. The number of methoxy groups -OCH3 is 1. The predicted octanol–water partition coefficient (Wildman–Crippen LogP) is 4.31. The van der Waals surface area contributed by atoms with Crippen LogP contribution >= 0.6 is 0 Å². The Hall–Kier alpha value is -3.47. The number of hydrogen-bond donors (Lipinski definition) is 1. The summed E-state index contributed by atoms with van der Waals surface area (Å²) in [6.45, 7) is 0.652. The smallest absolute Gasteiger partial charge is 0.137 e. The maximum absolute atomic E-state index is 5.49. The summed E-state index contributed by atoms with van der Waals surface area (Å²) in [5.41, 5.74) is 4.10. The number of anilines is 1. The van der Waals surface area contributed by atoms with Gasteiger partial charge in [-0.1, -0.05) is 30.3 Å². The van der Waals surface area contributed by atoms with Gasteiger partial charge in [-0.05, 0) is 35.4 Å². The van der Waals surface area contributed by atoms with Crippen LogP contribution in [-0.2, 0) is 6.54 Å². The molecule has 0 saturated heterocycles. The topological polar surface area (TPSA) is 59.9 Å². The zero-order valence-corrected chi connectivity index (χ0v) is 14.4. The Morgan fingerprint density at radius 1 is 1.00 bits per heavy atom. The third-order valence-electron chi connectivity index (χ3n) is 4.24. The quantitative estimate of drug-likeness (QED) is 0.585. The highest BCUT2D eigenvalue weighted by atomic mass is 16.5. The normalized spacial score (nSPS) is 10.7. The van der Waals surface area contributed by atoms with Gasteiger partial charge in [0.1, 0.15) is 17.9 Å². The number of benzene rings is 2. The Labute approximate surface area is 151 Å². The Bertz CT molecular complexity index is 1030. The monoisotopic (exact) mass is 342 g/mol. The molecule has 1 N–H and O–H groups in total. The van der Waals surface area contributed by atoms with E-state index < -0.39 is 0 Å². The second kappa shape index (κ2) is 7.19. The van der Waals surface area contributed by atoms with Gasteiger partial charge >= 0.3 is 0 Å². The van der Waals surface area contributed by atoms with Crippen molar-refractivity contribution < 1.29 is 4.74 Å². The fourth-order valence-electron chi connectivity index (χ4n) is 2.94. The molecule has 5 nitrogen and oxygen atoms in total. The van der Waals surface area contributed by atoms with E-state index in [0.29, 0.717) is 6.54 Å². The first-order valence-corrected chi connectivity index (χ1v) is 8.36. The lowest BCUT2D eigenvalue weighted by atomic mass is 10.0. The largest absolute Gasteiger partial charge is 0.496 e. The van der Waals surface area contributed by atoms with Gasteiger partial charge in [0, 0.05) is 29.9 Å². The summed E-state index contributed by atoms with van der Waals surface area (Å²) in [5, 5.41) is 4.36. The van der Waals surface area contributed by atoms with Crippen LogP contribution in [-0.4, -0.2) is 22.1 Å². The molecule has 128 valence electrons. The number of nitrogens with zero attached hydrogens (tertiary/aromatic N) is 3. The first kappa shape index (κ1) is 16.0. The molecule has 2 aromatic heterocycles. The number of hydrogen-bond acceptors (Lipinski definition) is 5. The second-order valence-electron chi connectivity index (χ2n) is 5.87. The summed E-state index contributed by atoms with van der Waals surface area (Å²) < 4.78 is 5.49. The van der Waals surface area contributed by atoms with Gasteiger partial charge in [-0.15, -0.1) is 0 Å². The number of para-hydroxylation sites is 1. The van der Waals surface area contributed by atoms with Crippen LogP contribution in [0.25, 0.3) is 22.0 Å². The lowest BCUT2D eigenvalue weighted by Crippen LogP contribution is -2.03. The van der Waals surface area contributed by atoms with E-state index >= 15 is 0 Å². The van der Waals surface area contributed by atoms with Gasteiger partial charge in [0.15, 0.2) is 0 Å². The molecule has 0 spiro atoms.